The minimum Gasteiger partial charge on any atom is -0.465 e. The highest BCUT2D eigenvalue weighted by Crippen LogP contribution is 2.53. The van der Waals surface area contributed by atoms with Gasteiger partial charge in [-0.15, -0.1) is 13.2 Å². The van der Waals surface area contributed by atoms with E-state index in [1.807, 2.05) is 4.90 Å². The summed E-state index contributed by atoms with van der Waals surface area (Å²) >= 11 is 14.0. The van der Waals surface area contributed by atoms with Crippen LogP contribution >= 0.6 is 34.5 Å². The van der Waals surface area contributed by atoms with Crippen LogP contribution in [0, 0.1) is 5.92 Å². The summed E-state index contributed by atoms with van der Waals surface area (Å²) in [5.74, 6) is -1.13. The lowest BCUT2D eigenvalue weighted by Crippen LogP contribution is -2.38. The second-order valence-electron chi connectivity index (χ2n) is 11.1. The molecule has 0 N–H and O–H groups in total. The molecule has 3 aliphatic rings. The molecule has 3 atom stereocenters. The van der Waals surface area contributed by atoms with Gasteiger partial charge >= 0.3 is 12.3 Å². The Labute approximate surface area is 261 Å². The third-order valence-corrected chi connectivity index (χ3v) is 10.0. The Kier molecular flexibility index (Phi) is 7.22. The lowest BCUT2D eigenvalue weighted by atomic mass is 10.0. The van der Waals surface area contributed by atoms with Gasteiger partial charge in [-0.2, -0.15) is 0 Å². The van der Waals surface area contributed by atoms with Gasteiger partial charge in [-0.1, -0.05) is 45.8 Å². The molecule has 1 saturated heterocycles. The zero-order chi connectivity index (χ0) is 31.0. The van der Waals surface area contributed by atoms with Crippen LogP contribution in [0.5, 0.6) is 5.75 Å². The zero-order valence-corrected chi connectivity index (χ0v) is 25.2. The van der Waals surface area contributed by atoms with Crippen molar-refractivity contribution in [3.05, 3.63) is 57.3 Å². The minimum atomic E-state index is -4.97. The molecule has 8 nitrogen and oxygen atoms in total. The maximum atomic E-state index is 15.2. The van der Waals surface area contributed by atoms with E-state index in [0.717, 1.165) is 19.6 Å². The van der Waals surface area contributed by atoms with Gasteiger partial charge in [0.25, 0.3) is 0 Å². The number of thiazole rings is 1. The number of rotatable bonds is 8. The number of hydrogen-bond acceptors (Lipinski definition) is 9. The Hall–Kier alpha value is -3.13. The summed E-state index contributed by atoms with van der Waals surface area (Å²) in [6.07, 6.45) is -3.06. The van der Waals surface area contributed by atoms with Gasteiger partial charge in [0.15, 0.2) is 22.3 Å². The first kappa shape index (κ1) is 29.6. The largest absolute Gasteiger partial charge is 0.573 e. The Balaban J connectivity index is 1.11. The first-order valence-electron chi connectivity index (χ1n) is 13.7. The van der Waals surface area contributed by atoms with Crippen LogP contribution in [-0.2, 0) is 21.7 Å². The number of esters is 1. The molecular weight excluding hydrogens is 649 g/mol. The monoisotopic (exact) mass is 671 g/mol. The average molecular weight is 672 g/mol. The van der Waals surface area contributed by atoms with E-state index in [0.29, 0.717) is 62.5 Å². The summed E-state index contributed by atoms with van der Waals surface area (Å²) in [5.41, 5.74) is -0.383. The molecule has 0 unspecified atom stereocenters. The summed E-state index contributed by atoms with van der Waals surface area (Å²) in [6, 6.07) is 7.50. The topological polar surface area (TPSA) is 86.9 Å². The van der Waals surface area contributed by atoms with E-state index in [1.54, 1.807) is 18.2 Å². The highest BCUT2D eigenvalue weighted by molar-refractivity contribution is 7.22. The van der Waals surface area contributed by atoms with Crippen LogP contribution in [0.15, 0.2) is 34.9 Å². The summed E-state index contributed by atoms with van der Waals surface area (Å²) < 4.78 is 75.8. The molecule has 0 radical (unpaired) electrons. The molecule has 2 bridgehead atoms. The molecule has 0 amide bonds. The third-order valence-electron chi connectivity index (χ3n) is 8.34. The standard InChI is InChI=1S/C29H23Cl2F4N3O5S/c1-40-26(39)13-8-20(42-29(33,34)35)24-21(9-13)44-27(36-24)38-11-14-7-15(38)10-19(14)41-12-16-23(22-17(30)3-2-4-18(22)31)37-43-25(16)28(32)5-6-28/h2-4,8-9,14-15,19H,5-7,10-12H2,1H3/t14-,15-,19+/m0/s1. The van der Waals surface area contributed by atoms with Crippen LogP contribution in [0.3, 0.4) is 0 Å². The third kappa shape index (κ3) is 5.27. The maximum Gasteiger partial charge on any atom is 0.573 e. The predicted molar refractivity (Wildman–Crippen MR) is 154 cm³/mol. The molecule has 3 fully saturated rings. The number of carbonyl (C=O) groups is 1. The number of aromatic nitrogens is 2. The van der Waals surface area contributed by atoms with E-state index in [1.165, 1.54) is 17.4 Å². The molecule has 15 heteroatoms. The first-order chi connectivity index (χ1) is 20.9. The van der Waals surface area contributed by atoms with Gasteiger partial charge in [-0.3, -0.25) is 0 Å². The Bertz CT molecular complexity index is 1760. The van der Waals surface area contributed by atoms with Gasteiger partial charge < -0.3 is 23.6 Å². The number of halogens is 6. The lowest BCUT2D eigenvalue weighted by Gasteiger charge is -2.31. The molecule has 2 aliphatic carbocycles. The number of hydrogen-bond donors (Lipinski definition) is 0. The summed E-state index contributed by atoms with van der Waals surface area (Å²) in [7, 11) is 1.15. The fourth-order valence-corrected chi connectivity index (χ4v) is 7.82. The van der Waals surface area contributed by atoms with Gasteiger partial charge in [0.1, 0.15) is 11.2 Å². The number of benzene rings is 2. The molecule has 44 heavy (non-hydrogen) atoms. The van der Waals surface area contributed by atoms with Crippen molar-refractivity contribution >= 4 is 55.9 Å². The van der Waals surface area contributed by atoms with Crippen LogP contribution in [0.2, 0.25) is 10.0 Å². The molecule has 2 saturated carbocycles. The van der Waals surface area contributed by atoms with E-state index in [4.69, 9.17) is 37.2 Å². The van der Waals surface area contributed by atoms with Crippen molar-refractivity contribution in [3.63, 3.8) is 0 Å². The van der Waals surface area contributed by atoms with Gasteiger partial charge in [0, 0.05) is 24.1 Å². The average Bonchev–Trinajstić information content (AvgIpc) is 3.41. The minimum absolute atomic E-state index is 0.0107. The van der Waals surface area contributed by atoms with Crippen molar-refractivity contribution in [1.82, 2.24) is 10.1 Å². The van der Waals surface area contributed by atoms with E-state index >= 15 is 4.39 Å². The fraction of sp³-hybridized carbons (Fsp3) is 0.414. The maximum absolute atomic E-state index is 15.2. The number of methoxy groups -OCH3 is 1. The molecule has 0 spiro atoms. The summed E-state index contributed by atoms with van der Waals surface area (Å²) in [5, 5.41) is 5.38. The van der Waals surface area contributed by atoms with Crippen molar-refractivity contribution in [1.29, 1.82) is 0 Å². The normalized spacial score (nSPS) is 22.2. The SMILES string of the molecule is COC(=O)c1cc(OC(F)(F)F)c2nc(N3C[C@@H]4C[C@H]3C[C@H]4OCc3c(-c4c(Cl)cccc4Cl)noc3C3(F)CC3)sc2c1. The second kappa shape index (κ2) is 10.7. The highest BCUT2D eigenvalue weighted by Gasteiger charge is 2.52. The van der Waals surface area contributed by atoms with E-state index < -0.39 is 23.7 Å². The second-order valence-corrected chi connectivity index (χ2v) is 13.0. The predicted octanol–water partition coefficient (Wildman–Crippen LogP) is 8.09. The van der Waals surface area contributed by atoms with Crippen molar-refractivity contribution in [2.75, 3.05) is 18.6 Å². The van der Waals surface area contributed by atoms with Crippen LogP contribution < -0.4 is 9.64 Å². The molecule has 2 aromatic heterocycles. The van der Waals surface area contributed by atoms with Crippen LogP contribution in [-0.4, -0.2) is 48.3 Å². The van der Waals surface area contributed by atoms with Gasteiger partial charge in [0.05, 0.1) is 45.7 Å². The van der Waals surface area contributed by atoms with Crippen molar-refractivity contribution in [2.24, 2.45) is 5.92 Å². The first-order valence-corrected chi connectivity index (χ1v) is 15.3. The highest BCUT2D eigenvalue weighted by atomic mass is 35.5. The fourth-order valence-electron chi connectivity index (χ4n) is 6.14. The smallest absolute Gasteiger partial charge is 0.465 e. The number of anilines is 1. The van der Waals surface area contributed by atoms with Crippen LogP contribution in [0.1, 0.15) is 47.4 Å². The number of piperidine rings is 1. The number of ether oxygens (including phenoxy) is 3. The van der Waals surface area contributed by atoms with E-state index in [-0.39, 0.29) is 41.5 Å². The summed E-state index contributed by atoms with van der Waals surface area (Å²) in [6.45, 7) is 0.603. The number of alkyl halides is 4. The van der Waals surface area contributed by atoms with Gasteiger partial charge in [0.2, 0.25) is 0 Å². The lowest BCUT2D eigenvalue weighted by molar-refractivity contribution is -0.274. The molecule has 7 rings (SSSR count). The summed E-state index contributed by atoms with van der Waals surface area (Å²) in [4.78, 5) is 18.6. The molecule has 4 aromatic rings. The van der Waals surface area contributed by atoms with Crippen LogP contribution in [0.4, 0.5) is 22.7 Å². The van der Waals surface area contributed by atoms with Crippen LogP contribution in [0.25, 0.3) is 21.5 Å². The van der Waals surface area contributed by atoms with Gasteiger partial charge in [-0.25, -0.2) is 14.2 Å². The zero-order valence-electron chi connectivity index (χ0n) is 22.9. The van der Waals surface area contributed by atoms with Crippen molar-refractivity contribution in [3.8, 4) is 17.0 Å². The Morgan fingerprint density at radius 1 is 1.20 bits per heavy atom. The van der Waals surface area contributed by atoms with Crippen molar-refractivity contribution < 1.29 is 41.1 Å². The number of fused-ring (bicyclic) bond motifs is 3. The quantitative estimate of drug-likeness (QED) is 0.137. The Morgan fingerprint density at radius 2 is 1.95 bits per heavy atom. The van der Waals surface area contributed by atoms with E-state index in [2.05, 4.69) is 14.9 Å². The molecular formula is C29H23Cl2F4N3O5S. The van der Waals surface area contributed by atoms with Gasteiger partial charge in [-0.05, 0) is 49.9 Å². The van der Waals surface area contributed by atoms with E-state index in [9.17, 15) is 18.0 Å². The number of nitrogens with zero attached hydrogens (tertiary/aromatic N) is 3. The molecule has 2 aromatic carbocycles. The molecule has 232 valence electrons. The molecule has 1 aliphatic heterocycles. The Morgan fingerprint density at radius 3 is 2.59 bits per heavy atom. The van der Waals surface area contributed by atoms with Crippen molar-refractivity contribution in [2.45, 2.75) is 56.5 Å². The number of carbonyl (C=O) groups excluding carboxylic acids is 1. The molecule has 3 heterocycles.